The number of aryl methyl sites for hydroxylation is 1. The van der Waals surface area contributed by atoms with Crippen LogP contribution < -0.4 is 9.62 Å². The van der Waals surface area contributed by atoms with Crippen LogP contribution in [0.3, 0.4) is 0 Å². The first-order valence-electron chi connectivity index (χ1n) is 13.3. The number of rotatable bonds is 13. The first-order valence-corrected chi connectivity index (χ1v) is 15.1. The molecule has 0 unspecified atom stereocenters. The molecule has 0 fully saturated rings. The molecule has 0 radical (unpaired) electrons. The summed E-state index contributed by atoms with van der Waals surface area (Å²) in [6.45, 7) is 6.23. The lowest BCUT2D eigenvalue weighted by atomic mass is 10.0. The van der Waals surface area contributed by atoms with E-state index in [1.807, 2.05) is 81.4 Å². The second-order valence-corrected chi connectivity index (χ2v) is 12.1. The largest absolute Gasteiger partial charge is 0.352 e. The lowest BCUT2D eigenvalue weighted by Crippen LogP contribution is -2.51. The molecule has 0 heterocycles. The standard InChI is InChI=1S/C31H39N3O4S/c1-24(2)32-31(36)29(22-26-12-7-5-8-13-26)33(23-27-19-17-25(3)18-20-27)30(35)16-11-21-34(39(4,37)38)28-14-9-6-10-15-28/h5-10,12-15,17-20,24,29H,11,16,21-23H2,1-4H3,(H,32,36)/t29-/m1/s1. The summed E-state index contributed by atoms with van der Waals surface area (Å²) in [6, 6.07) is 25.6. The van der Waals surface area contributed by atoms with Crippen LogP contribution >= 0.6 is 0 Å². The highest BCUT2D eigenvalue weighted by molar-refractivity contribution is 7.92. The van der Waals surface area contributed by atoms with E-state index in [-0.39, 0.29) is 37.4 Å². The third kappa shape index (κ3) is 9.25. The van der Waals surface area contributed by atoms with Crippen LogP contribution in [0.15, 0.2) is 84.9 Å². The summed E-state index contributed by atoms with van der Waals surface area (Å²) in [5.74, 6) is -0.409. The van der Waals surface area contributed by atoms with Crippen molar-refractivity contribution in [1.29, 1.82) is 0 Å². The topological polar surface area (TPSA) is 86.8 Å². The Morgan fingerprint density at radius 2 is 1.44 bits per heavy atom. The van der Waals surface area contributed by atoms with Gasteiger partial charge in [-0.05, 0) is 50.5 Å². The lowest BCUT2D eigenvalue weighted by Gasteiger charge is -2.32. The van der Waals surface area contributed by atoms with Crippen LogP contribution in [0.2, 0.25) is 0 Å². The van der Waals surface area contributed by atoms with E-state index in [2.05, 4.69) is 5.32 Å². The average molecular weight is 550 g/mol. The van der Waals surface area contributed by atoms with Gasteiger partial charge in [-0.25, -0.2) is 8.42 Å². The summed E-state index contributed by atoms with van der Waals surface area (Å²) in [5.41, 5.74) is 3.54. The van der Waals surface area contributed by atoms with Crippen molar-refractivity contribution >= 4 is 27.5 Å². The fourth-order valence-corrected chi connectivity index (χ4v) is 5.39. The molecule has 2 amide bonds. The molecule has 0 aliphatic carbocycles. The number of benzene rings is 3. The highest BCUT2D eigenvalue weighted by Crippen LogP contribution is 2.20. The zero-order valence-corrected chi connectivity index (χ0v) is 24.0. The van der Waals surface area contributed by atoms with Gasteiger partial charge in [0.15, 0.2) is 0 Å². The summed E-state index contributed by atoms with van der Waals surface area (Å²) < 4.78 is 26.3. The van der Waals surface area contributed by atoms with Crippen LogP contribution in [0, 0.1) is 6.92 Å². The molecule has 0 saturated heterocycles. The predicted octanol–water partition coefficient (Wildman–Crippen LogP) is 4.71. The third-order valence-corrected chi connectivity index (χ3v) is 7.57. The molecule has 0 aliphatic rings. The van der Waals surface area contributed by atoms with Crippen molar-refractivity contribution in [2.45, 2.75) is 58.7 Å². The van der Waals surface area contributed by atoms with Crippen molar-refractivity contribution in [2.75, 3.05) is 17.1 Å². The second kappa shape index (κ2) is 13.9. The number of anilines is 1. The highest BCUT2D eigenvalue weighted by atomic mass is 32.2. The molecule has 7 nitrogen and oxygen atoms in total. The Kier molecular flexibility index (Phi) is 10.7. The van der Waals surface area contributed by atoms with Crippen LogP contribution in [0.1, 0.15) is 43.4 Å². The van der Waals surface area contributed by atoms with Gasteiger partial charge in [-0.2, -0.15) is 0 Å². The van der Waals surface area contributed by atoms with Crippen LogP contribution in [-0.4, -0.2) is 50.0 Å². The monoisotopic (exact) mass is 549 g/mol. The summed E-state index contributed by atoms with van der Waals surface area (Å²) in [5, 5.41) is 2.99. The predicted molar refractivity (Wildman–Crippen MR) is 157 cm³/mol. The van der Waals surface area contributed by atoms with Gasteiger partial charge >= 0.3 is 0 Å². The number of hydrogen-bond donors (Lipinski definition) is 1. The highest BCUT2D eigenvalue weighted by Gasteiger charge is 2.30. The van der Waals surface area contributed by atoms with Crippen molar-refractivity contribution in [3.63, 3.8) is 0 Å². The minimum Gasteiger partial charge on any atom is -0.352 e. The van der Waals surface area contributed by atoms with E-state index >= 15 is 0 Å². The number of carbonyl (C=O) groups excluding carboxylic acids is 2. The van der Waals surface area contributed by atoms with Gasteiger partial charge in [0, 0.05) is 32.0 Å². The van der Waals surface area contributed by atoms with Gasteiger partial charge in [0.1, 0.15) is 6.04 Å². The van der Waals surface area contributed by atoms with E-state index in [0.29, 0.717) is 18.5 Å². The molecule has 3 rings (SSSR count). The molecule has 0 bridgehead atoms. The molecule has 39 heavy (non-hydrogen) atoms. The minimum absolute atomic E-state index is 0.0821. The van der Waals surface area contributed by atoms with E-state index in [9.17, 15) is 18.0 Å². The van der Waals surface area contributed by atoms with E-state index in [4.69, 9.17) is 0 Å². The summed E-state index contributed by atoms with van der Waals surface area (Å²) in [7, 11) is -3.53. The summed E-state index contributed by atoms with van der Waals surface area (Å²) in [6.07, 6.45) is 1.95. The molecule has 3 aromatic carbocycles. The van der Waals surface area contributed by atoms with E-state index in [0.717, 1.165) is 22.9 Å². The van der Waals surface area contributed by atoms with E-state index in [1.165, 1.54) is 4.31 Å². The summed E-state index contributed by atoms with van der Waals surface area (Å²) in [4.78, 5) is 28.9. The number of nitrogens with one attached hydrogen (secondary N) is 1. The third-order valence-electron chi connectivity index (χ3n) is 6.37. The number of amides is 2. The smallest absolute Gasteiger partial charge is 0.243 e. The molecule has 8 heteroatoms. The Morgan fingerprint density at radius 1 is 0.846 bits per heavy atom. The van der Waals surface area contributed by atoms with Crippen molar-refractivity contribution < 1.29 is 18.0 Å². The zero-order valence-electron chi connectivity index (χ0n) is 23.2. The molecule has 1 N–H and O–H groups in total. The van der Waals surface area contributed by atoms with Gasteiger partial charge in [-0.3, -0.25) is 13.9 Å². The first-order chi connectivity index (χ1) is 18.5. The summed E-state index contributed by atoms with van der Waals surface area (Å²) >= 11 is 0. The molecule has 0 aliphatic heterocycles. The van der Waals surface area contributed by atoms with Crippen molar-refractivity contribution in [1.82, 2.24) is 10.2 Å². The van der Waals surface area contributed by atoms with Crippen molar-refractivity contribution in [3.05, 3.63) is 102 Å². The maximum Gasteiger partial charge on any atom is 0.243 e. The zero-order chi connectivity index (χ0) is 28.4. The Hall–Kier alpha value is -3.65. The van der Waals surface area contributed by atoms with Gasteiger partial charge in [-0.15, -0.1) is 0 Å². The Balaban J connectivity index is 1.87. The van der Waals surface area contributed by atoms with Gasteiger partial charge in [-0.1, -0.05) is 78.4 Å². The van der Waals surface area contributed by atoms with Gasteiger partial charge in [0.2, 0.25) is 21.8 Å². The van der Waals surface area contributed by atoms with Crippen molar-refractivity contribution in [2.24, 2.45) is 0 Å². The van der Waals surface area contributed by atoms with E-state index < -0.39 is 16.1 Å². The quantitative estimate of drug-likeness (QED) is 0.335. The number of nitrogens with zero attached hydrogens (tertiary/aromatic N) is 2. The Bertz CT molecular complexity index is 1310. The Labute approximate surface area is 232 Å². The van der Waals surface area contributed by atoms with Gasteiger partial charge < -0.3 is 10.2 Å². The second-order valence-electron chi connectivity index (χ2n) is 10.2. The molecule has 0 aromatic heterocycles. The fourth-order valence-electron chi connectivity index (χ4n) is 4.42. The van der Waals surface area contributed by atoms with Crippen LogP contribution in [-0.2, 0) is 32.6 Å². The van der Waals surface area contributed by atoms with Gasteiger partial charge in [0.05, 0.1) is 11.9 Å². The van der Waals surface area contributed by atoms with E-state index in [1.54, 1.807) is 29.2 Å². The van der Waals surface area contributed by atoms with Crippen molar-refractivity contribution in [3.8, 4) is 0 Å². The molecule has 208 valence electrons. The normalized spacial score (nSPS) is 12.1. The average Bonchev–Trinajstić information content (AvgIpc) is 2.89. The first kappa shape index (κ1) is 29.9. The number of sulfonamides is 1. The maximum atomic E-state index is 13.8. The molecule has 1 atom stereocenters. The van der Waals surface area contributed by atoms with Crippen LogP contribution in [0.5, 0.6) is 0 Å². The number of carbonyl (C=O) groups is 2. The molecule has 3 aromatic rings. The molecule has 0 spiro atoms. The van der Waals surface area contributed by atoms with Crippen LogP contribution in [0.4, 0.5) is 5.69 Å². The fraction of sp³-hybridized carbons (Fsp3) is 0.355. The maximum absolute atomic E-state index is 13.8. The van der Waals surface area contributed by atoms with Gasteiger partial charge in [0.25, 0.3) is 0 Å². The molecular weight excluding hydrogens is 510 g/mol. The molecular formula is C31H39N3O4S. The Morgan fingerprint density at radius 3 is 2.00 bits per heavy atom. The molecule has 0 saturated carbocycles. The lowest BCUT2D eigenvalue weighted by molar-refractivity contribution is -0.141. The SMILES string of the molecule is Cc1ccc(CN(C(=O)CCCN(c2ccccc2)S(C)(=O)=O)[C@H](Cc2ccccc2)C(=O)NC(C)C)cc1. The number of hydrogen-bond acceptors (Lipinski definition) is 4. The van der Waals surface area contributed by atoms with Crippen LogP contribution in [0.25, 0.3) is 0 Å². The number of para-hydroxylation sites is 1. The minimum atomic E-state index is -3.53.